The molecule has 0 atom stereocenters. The Bertz CT molecular complexity index is 387. The average Bonchev–Trinajstić information content (AvgIpc) is 2.49. The lowest BCUT2D eigenvalue weighted by atomic mass is 9.75. The van der Waals surface area contributed by atoms with Crippen LogP contribution in [0.3, 0.4) is 0 Å². The monoisotopic (exact) mass is 258 g/mol. The highest BCUT2D eigenvalue weighted by Crippen LogP contribution is 2.42. The van der Waals surface area contributed by atoms with Crippen molar-refractivity contribution in [1.29, 1.82) is 0 Å². The molecule has 19 heavy (non-hydrogen) atoms. The summed E-state index contributed by atoms with van der Waals surface area (Å²) in [6.07, 6.45) is 6.90. The van der Waals surface area contributed by atoms with E-state index in [1.165, 1.54) is 58.3 Å². The molecule has 1 aliphatic carbocycles. The van der Waals surface area contributed by atoms with Gasteiger partial charge < -0.3 is 4.90 Å². The van der Waals surface area contributed by atoms with Crippen molar-refractivity contribution in [1.82, 2.24) is 9.80 Å². The van der Waals surface area contributed by atoms with Gasteiger partial charge in [0.15, 0.2) is 0 Å². The van der Waals surface area contributed by atoms with Crippen LogP contribution in [0.25, 0.3) is 0 Å². The first kappa shape index (κ1) is 13.1. The van der Waals surface area contributed by atoms with Gasteiger partial charge in [-0.05, 0) is 25.5 Å². The topological polar surface area (TPSA) is 6.48 Å². The fraction of sp³-hybridized carbons (Fsp3) is 0.647. The van der Waals surface area contributed by atoms with E-state index in [-0.39, 0.29) is 0 Å². The molecule has 1 saturated heterocycles. The lowest BCUT2D eigenvalue weighted by Gasteiger charge is -2.50. The van der Waals surface area contributed by atoms with Gasteiger partial charge in [-0.15, -0.1) is 0 Å². The minimum Gasteiger partial charge on any atom is -0.304 e. The Balaban J connectivity index is 1.88. The Hall–Kier alpha value is -0.860. The lowest BCUT2D eigenvalue weighted by molar-refractivity contribution is 0.0102. The van der Waals surface area contributed by atoms with Crippen LogP contribution in [0.1, 0.15) is 37.7 Å². The third-order valence-corrected chi connectivity index (χ3v) is 5.10. The van der Waals surface area contributed by atoms with E-state index in [9.17, 15) is 0 Å². The Labute approximate surface area is 117 Å². The second-order valence-electron chi connectivity index (χ2n) is 6.25. The van der Waals surface area contributed by atoms with Gasteiger partial charge in [0.1, 0.15) is 0 Å². The van der Waals surface area contributed by atoms with Gasteiger partial charge in [0, 0.05) is 31.7 Å². The molecule has 2 fully saturated rings. The number of nitrogens with zero attached hydrogens (tertiary/aromatic N) is 2. The van der Waals surface area contributed by atoms with Gasteiger partial charge in [0.05, 0.1) is 0 Å². The maximum atomic E-state index is 2.78. The van der Waals surface area contributed by atoms with Crippen LogP contribution in [0.15, 0.2) is 30.3 Å². The second-order valence-corrected chi connectivity index (χ2v) is 6.25. The van der Waals surface area contributed by atoms with Gasteiger partial charge in [-0.3, -0.25) is 4.90 Å². The van der Waals surface area contributed by atoms with Crippen LogP contribution in [0.2, 0.25) is 0 Å². The minimum absolute atomic E-state index is 0.334. The summed E-state index contributed by atoms with van der Waals surface area (Å²) in [6, 6.07) is 11.3. The van der Waals surface area contributed by atoms with Gasteiger partial charge in [-0.2, -0.15) is 0 Å². The summed E-state index contributed by atoms with van der Waals surface area (Å²) in [6.45, 7) is 4.89. The molecular formula is C17H26N2. The predicted octanol–water partition coefficient (Wildman–Crippen LogP) is 3.09. The molecule has 1 aromatic rings. The molecule has 1 saturated carbocycles. The van der Waals surface area contributed by atoms with Crippen LogP contribution in [0, 0.1) is 0 Å². The van der Waals surface area contributed by atoms with Crippen molar-refractivity contribution in [2.75, 3.05) is 33.2 Å². The molecular weight excluding hydrogens is 232 g/mol. The summed E-state index contributed by atoms with van der Waals surface area (Å²) < 4.78 is 0. The zero-order valence-electron chi connectivity index (χ0n) is 12.1. The van der Waals surface area contributed by atoms with Crippen LogP contribution >= 0.6 is 0 Å². The molecule has 0 spiro atoms. The van der Waals surface area contributed by atoms with Crippen molar-refractivity contribution >= 4 is 0 Å². The fourth-order valence-electron chi connectivity index (χ4n) is 3.91. The number of hydrogen-bond acceptors (Lipinski definition) is 2. The van der Waals surface area contributed by atoms with Crippen LogP contribution < -0.4 is 0 Å². The average molecular weight is 258 g/mol. The first-order valence-corrected chi connectivity index (χ1v) is 7.80. The molecule has 0 radical (unpaired) electrons. The van der Waals surface area contributed by atoms with Crippen LogP contribution in [-0.2, 0) is 5.54 Å². The standard InChI is InChI=1S/C17H26N2/c1-18-12-14-19(15-13-18)17(10-6-3-7-11-17)16-8-4-2-5-9-16/h2,4-5,8-9H,3,6-7,10-15H2,1H3. The van der Waals surface area contributed by atoms with Gasteiger partial charge in [-0.25, -0.2) is 0 Å². The van der Waals surface area contributed by atoms with Gasteiger partial charge in [0.2, 0.25) is 0 Å². The molecule has 1 aliphatic heterocycles. The Morgan fingerprint density at radius 2 is 1.47 bits per heavy atom. The van der Waals surface area contributed by atoms with Crippen LogP contribution in [0.4, 0.5) is 0 Å². The maximum Gasteiger partial charge on any atom is 0.0461 e. The molecule has 2 nitrogen and oxygen atoms in total. The van der Waals surface area contributed by atoms with Crippen LogP contribution in [-0.4, -0.2) is 43.0 Å². The van der Waals surface area contributed by atoms with Crippen molar-refractivity contribution in [3.63, 3.8) is 0 Å². The molecule has 0 amide bonds. The fourth-order valence-corrected chi connectivity index (χ4v) is 3.91. The number of hydrogen-bond donors (Lipinski definition) is 0. The smallest absolute Gasteiger partial charge is 0.0461 e. The van der Waals surface area contributed by atoms with E-state index in [1.54, 1.807) is 5.56 Å². The predicted molar refractivity (Wildman–Crippen MR) is 80.3 cm³/mol. The highest BCUT2D eigenvalue weighted by atomic mass is 15.3. The normalized spacial score (nSPS) is 25.3. The van der Waals surface area contributed by atoms with Gasteiger partial charge in [-0.1, -0.05) is 49.6 Å². The summed E-state index contributed by atoms with van der Waals surface area (Å²) in [7, 11) is 2.24. The molecule has 2 heteroatoms. The molecule has 3 rings (SSSR count). The Kier molecular flexibility index (Phi) is 3.90. The molecule has 2 aliphatic rings. The molecule has 0 unspecified atom stereocenters. The SMILES string of the molecule is CN1CCN(C2(c3ccccc3)CCCCC2)CC1. The highest BCUT2D eigenvalue weighted by molar-refractivity contribution is 5.25. The minimum atomic E-state index is 0.334. The van der Waals surface area contributed by atoms with E-state index in [0.717, 1.165) is 0 Å². The van der Waals surface area contributed by atoms with E-state index < -0.39 is 0 Å². The third kappa shape index (κ3) is 2.56. The number of rotatable bonds is 2. The summed E-state index contributed by atoms with van der Waals surface area (Å²) in [5, 5.41) is 0. The summed E-state index contributed by atoms with van der Waals surface area (Å²) in [5.74, 6) is 0. The number of benzene rings is 1. The number of likely N-dealkylation sites (N-methyl/N-ethyl adjacent to an activating group) is 1. The summed E-state index contributed by atoms with van der Waals surface area (Å²) >= 11 is 0. The van der Waals surface area contributed by atoms with Crippen molar-refractivity contribution in [3.05, 3.63) is 35.9 Å². The molecule has 0 N–H and O–H groups in total. The summed E-state index contributed by atoms with van der Waals surface area (Å²) in [5.41, 5.74) is 1.89. The Morgan fingerprint density at radius 3 is 2.11 bits per heavy atom. The molecule has 1 heterocycles. The van der Waals surface area contributed by atoms with Crippen molar-refractivity contribution in [3.8, 4) is 0 Å². The third-order valence-electron chi connectivity index (χ3n) is 5.10. The zero-order chi connectivity index (χ0) is 13.1. The largest absolute Gasteiger partial charge is 0.304 e. The molecule has 1 aromatic carbocycles. The molecule has 104 valence electrons. The zero-order valence-corrected chi connectivity index (χ0v) is 12.1. The Morgan fingerprint density at radius 1 is 0.842 bits per heavy atom. The van der Waals surface area contributed by atoms with E-state index in [1.807, 2.05) is 0 Å². The second kappa shape index (κ2) is 5.64. The van der Waals surface area contributed by atoms with E-state index in [2.05, 4.69) is 47.2 Å². The molecule has 0 aromatic heterocycles. The van der Waals surface area contributed by atoms with Crippen molar-refractivity contribution in [2.45, 2.75) is 37.6 Å². The van der Waals surface area contributed by atoms with E-state index in [0.29, 0.717) is 5.54 Å². The quantitative estimate of drug-likeness (QED) is 0.804. The van der Waals surface area contributed by atoms with Crippen molar-refractivity contribution < 1.29 is 0 Å². The lowest BCUT2D eigenvalue weighted by Crippen LogP contribution is -2.55. The first-order chi connectivity index (χ1) is 9.31. The van der Waals surface area contributed by atoms with Gasteiger partial charge >= 0.3 is 0 Å². The first-order valence-electron chi connectivity index (χ1n) is 7.80. The maximum absolute atomic E-state index is 2.78. The molecule has 0 bridgehead atoms. The highest BCUT2D eigenvalue weighted by Gasteiger charge is 2.40. The van der Waals surface area contributed by atoms with Gasteiger partial charge in [0.25, 0.3) is 0 Å². The summed E-state index contributed by atoms with van der Waals surface area (Å²) in [4.78, 5) is 5.24. The van der Waals surface area contributed by atoms with E-state index >= 15 is 0 Å². The van der Waals surface area contributed by atoms with E-state index in [4.69, 9.17) is 0 Å². The van der Waals surface area contributed by atoms with Crippen molar-refractivity contribution in [2.24, 2.45) is 0 Å². The van der Waals surface area contributed by atoms with Crippen LogP contribution in [0.5, 0.6) is 0 Å². The number of piperazine rings is 1.